The van der Waals surface area contributed by atoms with Gasteiger partial charge in [0.2, 0.25) is 5.91 Å². The van der Waals surface area contributed by atoms with Crippen LogP contribution < -0.4 is 5.32 Å². The van der Waals surface area contributed by atoms with E-state index in [1.54, 1.807) is 12.3 Å². The van der Waals surface area contributed by atoms with Gasteiger partial charge in [-0.05, 0) is 36.2 Å². The van der Waals surface area contributed by atoms with E-state index in [0.29, 0.717) is 29.5 Å². The zero-order chi connectivity index (χ0) is 23.3. The average molecular weight is 471 g/mol. The van der Waals surface area contributed by atoms with Crippen molar-refractivity contribution < 1.29 is 9.21 Å². The van der Waals surface area contributed by atoms with Crippen molar-refractivity contribution in [2.75, 3.05) is 0 Å². The smallest absolute Gasteiger partial charge is 0.221 e. The van der Waals surface area contributed by atoms with Crippen LogP contribution in [0.2, 0.25) is 5.02 Å². The van der Waals surface area contributed by atoms with E-state index in [1.165, 1.54) is 0 Å². The maximum atomic E-state index is 12.9. The minimum absolute atomic E-state index is 0.0983. The van der Waals surface area contributed by atoms with E-state index < -0.39 is 0 Å². The molecule has 0 spiro atoms. The molecule has 0 aliphatic carbocycles. The van der Waals surface area contributed by atoms with Crippen molar-refractivity contribution in [3.63, 3.8) is 0 Å². The number of imidazole rings is 1. The number of H-pyrrole nitrogens is 1. The first-order valence-corrected chi connectivity index (χ1v) is 11.5. The first-order valence-electron chi connectivity index (χ1n) is 11.1. The number of rotatable bonds is 8. The molecule has 3 aromatic carbocycles. The number of nitrogens with one attached hydrogen (secondary N) is 2. The lowest BCUT2D eigenvalue weighted by atomic mass is 10.1. The maximum absolute atomic E-state index is 12.9. The van der Waals surface area contributed by atoms with E-state index in [4.69, 9.17) is 21.0 Å². The van der Waals surface area contributed by atoms with Gasteiger partial charge in [0.05, 0.1) is 28.3 Å². The van der Waals surface area contributed by atoms with Gasteiger partial charge in [-0.3, -0.25) is 4.79 Å². The summed E-state index contributed by atoms with van der Waals surface area (Å²) >= 11 is 6.25. The van der Waals surface area contributed by atoms with Crippen LogP contribution in [0.3, 0.4) is 0 Å². The number of hydrogen-bond donors (Lipinski definition) is 2. The fraction of sp³-hybridized carbons (Fsp3) is 0.148. The quantitative estimate of drug-likeness (QED) is 0.295. The number of para-hydroxylation sites is 2. The van der Waals surface area contributed by atoms with Gasteiger partial charge in [0.1, 0.15) is 5.82 Å². The van der Waals surface area contributed by atoms with E-state index in [-0.39, 0.29) is 18.4 Å². The summed E-state index contributed by atoms with van der Waals surface area (Å²) in [7, 11) is 0. The highest BCUT2D eigenvalue weighted by Gasteiger charge is 2.20. The van der Waals surface area contributed by atoms with Crippen molar-refractivity contribution >= 4 is 28.5 Å². The first kappa shape index (κ1) is 21.9. The molecule has 2 heterocycles. The Hall–Kier alpha value is -3.90. The Balaban J connectivity index is 1.28. The van der Waals surface area contributed by atoms with Crippen LogP contribution in [0.15, 0.2) is 89.5 Å². The van der Waals surface area contributed by atoms with Crippen LogP contribution in [0.25, 0.3) is 22.4 Å². The van der Waals surface area contributed by atoms with Crippen molar-refractivity contribution in [2.24, 2.45) is 0 Å². The molecule has 34 heavy (non-hydrogen) atoms. The number of aryl methyl sites for hydroxylation is 1. The second kappa shape index (κ2) is 9.93. The molecule has 0 aliphatic heterocycles. The number of aromatic nitrogens is 3. The highest BCUT2D eigenvalue weighted by atomic mass is 35.5. The lowest BCUT2D eigenvalue weighted by Gasteiger charge is -2.17. The Morgan fingerprint density at radius 1 is 1.00 bits per heavy atom. The van der Waals surface area contributed by atoms with Gasteiger partial charge in [0, 0.05) is 18.4 Å². The molecule has 0 bridgehead atoms. The van der Waals surface area contributed by atoms with Crippen molar-refractivity contribution in [2.45, 2.75) is 25.3 Å². The lowest BCUT2D eigenvalue weighted by Crippen LogP contribution is -2.31. The number of nitrogens with zero attached hydrogens (tertiary/aromatic N) is 2. The molecule has 2 aromatic heterocycles. The second-order valence-corrected chi connectivity index (χ2v) is 8.45. The van der Waals surface area contributed by atoms with Gasteiger partial charge in [-0.25, -0.2) is 9.97 Å². The summed E-state index contributed by atoms with van der Waals surface area (Å²) in [6.45, 7) is 0. The standard InChI is InChI=1S/C27H23ClN4O2/c28-20-11-5-4-10-19(20)24-17-29-26(34-24)15-14-25(33)30-23(16-18-8-2-1-3-9-18)27-31-21-12-6-7-13-22(21)32-27/h1-13,17,23H,14-16H2,(H,30,33)(H,31,32)/t23-/m0/s1. The van der Waals surface area contributed by atoms with Crippen molar-refractivity contribution in [1.82, 2.24) is 20.3 Å². The number of oxazole rings is 1. The van der Waals surface area contributed by atoms with Gasteiger partial charge in [0.25, 0.3) is 0 Å². The van der Waals surface area contributed by atoms with Crippen LogP contribution in [0.5, 0.6) is 0 Å². The highest BCUT2D eigenvalue weighted by molar-refractivity contribution is 6.33. The number of amides is 1. The Morgan fingerprint density at radius 2 is 1.76 bits per heavy atom. The number of aromatic amines is 1. The van der Waals surface area contributed by atoms with E-state index in [0.717, 1.165) is 28.0 Å². The zero-order valence-electron chi connectivity index (χ0n) is 18.4. The minimum Gasteiger partial charge on any atom is -0.441 e. The SMILES string of the molecule is O=C(CCc1ncc(-c2ccccc2Cl)o1)N[C@@H](Cc1ccccc1)c1nc2ccccc2[nH]1. The Bertz CT molecular complexity index is 1380. The van der Waals surface area contributed by atoms with Gasteiger partial charge in [-0.15, -0.1) is 0 Å². The lowest BCUT2D eigenvalue weighted by molar-refractivity contribution is -0.121. The fourth-order valence-corrected chi connectivity index (χ4v) is 4.13. The topological polar surface area (TPSA) is 83.8 Å². The molecule has 170 valence electrons. The third-order valence-corrected chi connectivity index (χ3v) is 5.94. The first-order chi connectivity index (χ1) is 16.7. The van der Waals surface area contributed by atoms with Gasteiger partial charge in [-0.2, -0.15) is 0 Å². The minimum atomic E-state index is -0.287. The number of benzene rings is 3. The van der Waals surface area contributed by atoms with E-state index in [1.807, 2.05) is 72.8 Å². The normalized spacial score (nSPS) is 12.0. The second-order valence-electron chi connectivity index (χ2n) is 8.05. The molecule has 0 unspecified atom stereocenters. The predicted octanol–water partition coefficient (Wildman–Crippen LogP) is 5.90. The number of halogens is 1. The highest BCUT2D eigenvalue weighted by Crippen LogP contribution is 2.28. The monoisotopic (exact) mass is 470 g/mol. The molecule has 0 radical (unpaired) electrons. The van der Waals surface area contributed by atoms with Crippen molar-refractivity contribution in [3.8, 4) is 11.3 Å². The van der Waals surface area contributed by atoms with Crippen LogP contribution in [-0.4, -0.2) is 20.9 Å². The van der Waals surface area contributed by atoms with Gasteiger partial charge >= 0.3 is 0 Å². The van der Waals surface area contributed by atoms with E-state index in [9.17, 15) is 4.79 Å². The molecule has 1 amide bonds. The molecule has 0 aliphatic rings. The molecule has 0 fully saturated rings. The number of carbonyl (C=O) groups excluding carboxylic acids is 1. The number of fused-ring (bicyclic) bond motifs is 1. The van der Waals surface area contributed by atoms with Crippen molar-refractivity contribution in [1.29, 1.82) is 0 Å². The Labute approximate surface area is 202 Å². The van der Waals surface area contributed by atoms with Crippen LogP contribution in [0, 0.1) is 0 Å². The fourth-order valence-electron chi connectivity index (χ4n) is 3.90. The summed E-state index contributed by atoms with van der Waals surface area (Å²) in [6.07, 6.45) is 2.89. The van der Waals surface area contributed by atoms with E-state index in [2.05, 4.69) is 15.3 Å². The van der Waals surface area contributed by atoms with Crippen LogP contribution in [0.4, 0.5) is 0 Å². The average Bonchev–Trinajstić information content (AvgIpc) is 3.51. The van der Waals surface area contributed by atoms with Gasteiger partial charge in [-0.1, -0.05) is 66.2 Å². The molecule has 6 nitrogen and oxygen atoms in total. The summed E-state index contributed by atoms with van der Waals surface area (Å²) in [4.78, 5) is 25.3. The largest absolute Gasteiger partial charge is 0.441 e. The molecule has 7 heteroatoms. The third kappa shape index (κ3) is 5.02. The molecule has 2 N–H and O–H groups in total. The van der Waals surface area contributed by atoms with Crippen LogP contribution >= 0.6 is 11.6 Å². The van der Waals surface area contributed by atoms with Crippen LogP contribution in [0.1, 0.15) is 29.7 Å². The van der Waals surface area contributed by atoms with Crippen molar-refractivity contribution in [3.05, 3.63) is 107 Å². The molecule has 0 saturated carbocycles. The Kier molecular flexibility index (Phi) is 6.40. The number of carbonyl (C=O) groups is 1. The predicted molar refractivity (Wildman–Crippen MR) is 132 cm³/mol. The maximum Gasteiger partial charge on any atom is 0.221 e. The Morgan fingerprint density at radius 3 is 2.59 bits per heavy atom. The summed E-state index contributed by atoms with van der Waals surface area (Å²) in [6, 6.07) is 25.0. The summed E-state index contributed by atoms with van der Waals surface area (Å²) in [5.41, 5.74) is 3.71. The molecule has 5 aromatic rings. The van der Waals surface area contributed by atoms with Crippen LogP contribution in [-0.2, 0) is 17.6 Å². The molecular formula is C27H23ClN4O2. The van der Waals surface area contributed by atoms with Gasteiger partial charge in [0.15, 0.2) is 11.7 Å². The van der Waals surface area contributed by atoms with Gasteiger partial charge < -0.3 is 14.7 Å². The molecule has 5 rings (SSSR count). The number of hydrogen-bond acceptors (Lipinski definition) is 4. The molecule has 0 saturated heterocycles. The summed E-state index contributed by atoms with van der Waals surface area (Å²) in [5, 5.41) is 3.73. The zero-order valence-corrected chi connectivity index (χ0v) is 19.1. The van der Waals surface area contributed by atoms with E-state index >= 15 is 0 Å². The summed E-state index contributed by atoms with van der Waals surface area (Å²) in [5.74, 6) is 1.72. The third-order valence-electron chi connectivity index (χ3n) is 5.61. The molecular weight excluding hydrogens is 448 g/mol. The summed E-state index contributed by atoms with van der Waals surface area (Å²) < 4.78 is 5.83. The molecule has 1 atom stereocenters.